The van der Waals surface area contributed by atoms with Gasteiger partial charge in [0, 0.05) is 10.4 Å². The number of carbonyl (C=O) groups is 2. The van der Waals surface area contributed by atoms with E-state index in [9.17, 15) is 14.4 Å². The Kier molecular flexibility index (Phi) is 4.63. The normalized spacial score (nSPS) is 16.7. The lowest BCUT2D eigenvalue weighted by Gasteiger charge is -2.24. The predicted molar refractivity (Wildman–Crippen MR) is 103 cm³/mol. The topological polar surface area (TPSA) is 79.6 Å². The molecule has 1 atom stereocenters. The number of nitrogens with zero attached hydrogens (tertiary/aromatic N) is 1. The Hall–Kier alpha value is -2.77. The zero-order valence-electron chi connectivity index (χ0n) is 13.8. The molecule has 2 amide bonds. The van der Waals surface area contributed by atoms with Crippen molar-refractivity contribution < 1.29 is 14.0 Å². The lowest BCUT2D eigenvalue weighted by molar-refractivity contribution is -0.130. The summed E-state index contributed by atoms with van der Waals surface area (Å²) in [6.45, 7) is 0. The van der Waals surface area contributed by atoms with E-state index in [1.54, 1.807) is 48.5 Å². The summed E-state index contributed by atoms with van der Waals surface area (Å²) >= 11 is 7.29. The summed E-state index contributed by atoms with van der Waals surface area (Å²) < 4.78 is 5.19. The van der Waals surface area contributed by atoms with Gasteiger partial charge < -0.3 is 4.42 Å². The summed E-state index contributed by atoms with van der Waals surface area (Å²) in [6.07, 6.45) is 0. The minimum absolute atomic E-state index is 0.159. The molecule has 0 spiro atoms. The lowest BCUT2D eigenvalue weighted by Crippen LogP contribution is -2.45. The molecule has 27 heavy (non-hydrogen) atoms. The number of hydrogen-bond donors (Lipinski definition) is 1. The third-order valence-corrected chi connectivity index (χ3v) is 5.60. The zero-order chi connectivity index (χ0) is 19.0. The maximum atomic E-state index is 12.6. The van der Waals surface area contributed by atoms with Crippen molar-refractivity contribution in [3.8, 4) is 0 Å². The summed E-state index contributed by atoms with van der Waals surface area (Å²) in [5.74, 6) is -0.720. The van der Waals surface area contributed by atoms with Crippen molar-refractivity contribution in [1.29, 1.82) is 0 Å². The molecule has 136 valence electrons. The molecule has 3 aromatic rings. The number of nitrogens with one attached hydrogen (secondary N) is 1. The van der Waals surface area contributed by atoms with Crippen LogP contribution in [0.15, 0.2) is 63.8 Å². The SMILES string of the molecule is O=C(NN1C(=O)CSC1c1ccc(Cl)cc1)c1cc2ccccc2oc1=O. The van der Waals surface area contributed by atoms with Crippen LogP contribution in [0.25, 0.3) is 11.0 Å². The second-order valence-corrected chi connectivity index (χ2v) is 7.41. The van der Waals surface area contributed by atoms with Crippen LogP contribution < -0.4 is 11.1 Å². The van der Waals surface area contributed by atoms with Crippen LogP contribution >= 0.6 is 23.4 Å². The van der Waals surface area contributed by atoms with E-state index in [-0.39, 0.29) is 17.2 Å². The molecule has 0 radical (unpaired) electrons. The monoisotopic (exact) mass is 400 g/mol. The van der Waals surface area contributed by atoms with Gasteiger partial charge in [0.15, 0.2) is 0 Å². The second-order valence-electron chi connectivity index (χ2n) is 5.90. The third kappa shape index (κ3) is 3.43. The summed E-state index contributed by atoms with van der Waals surface area (Å²) in [5.41, 5.74) is 2.84. The molecular formula is C19H13ClN2O4S. The molecule has 4 rings (SSSR count). The van der Waals surface area contributed by atoms with Crippen LogP contribution in [0.4, 0.5) is 0 Å². The van der Waals surface area contributed by atoms with Crippen molar-refractivity contribution in [3.63, 3.8) is 0 Å². The van der Waals surface area contributed by atoms with Gasteiger partial charge >= 0.3 is 5.63 Å². The molecule has 0 aliphatic carbocycles. The first kappa shape index (κ1) is 17.6. The molecule has 6 nitrogen and oxygen atoms in total. The Morgan fingerprint density at radius 2 is 1.89 bits per heavy atom. The number of halogens is 1. The van der Waals surface area contributed by atoms with Gasteiger partial charge in [-0.1, -0.05) is 41.9 Å². The van der Waals surface area contributed by atoms with Crippen LogP contribution in [0.5, 0.6) is 0 Å². The molecule has 0 saturated carbocycles. The van der Waals surface area contributed by atoms with Gasteiger partial charge in [-0.25, -0.2) is 9.80 Å². The fourth-order valence-electron chi connectivity index (χ4n) is 2.81. The number of hydrazine groups is 1. The van der Waals surface area contributed by atoms with E-state index in [1.807, 2.05) is 0 Å². The van der Waals surface area contributed by atoms with Gasteiger partial charge in [-0.05, 0) is 29.8 Å². The fraction of sp³-hybridized carbons (Fsp3) is 0.105. The van der Waals surface area contributed by atoms with E-state index in [2.05, 4.69) is 5.43 Å². The molecule has 2 heterocycles. The molecule has 1 fully saturated rings. The Labute approximate surface area is 163 Å². The van der Waals surface area contributed by atoms with E-state index < -0.39 is 16.9 Å². The molecule has 1 aromatic heterocycles. The minimum Gasteiger partial charge on any atom is -0.422 e. The van der Waals surface area contributed by atoms with Crippen LogP contribution in [-0.4, -0.2) is 22.6 Å². The number of rotatable bonds is 3. The number of carbonyl (C=O) groups excluding carboxylic acids is 2. The van der Waals surface area contributed by atoms with E-state index in [1.165, 1.54) is 22.8 Å². The van der Waals surface area contributed by atoms with Gasteiger partial charge in [0.1, 0.15) is 16.5 Å². The number of hydrogen-bond acceptors (Lipinski definition) is 5. The Bertz CT molecular complexity index is 1100. The van der Waals surface area contributed by atoms with Crippen LogP contribution in [0.2, 0.25) is 5.02 Å². The Morgan fingerprint density at radius 3 is 2.67 bits per heavy atom. The maximum Gasteiger partial charge on any atom is 0.349 e. The number of para-hydroxylation sites is 1. The maximum absolute atomic E-state index is 12.6. The van der Waals surface area contributed by atoms with Crippen molar-refractivity contribution in [2.45, 2.75) is 5.37 Å². The van der Waals surface area contributed by atoms with Crippen LogP contribution in [0, 0.1) is 0 Å². The van der Waals surface area contributed by atoms with Crippen LogP contribution in [-0.2, 0) is 4.79 Å². The standard InChI is InChI=1S/C19H13ClN2O4S/c20-13-7-5-11(6-8-13)18-22(16(23)10-27-18)21-17(24)14-9-12-3-1-2-4-15(12)26-19(14)25/h1-9,18H,10H2,(H,21,24). The lowest BCUT2D eigenvalue weighted by atomic mass is 10.2. The molecule has 1 saturated heterocycles. The highest BCUT2D eigenvalue weighted by atomic mass is 35.5. The van der Waals surface area contributed by atoms with E-state index in [4.69, 9.17) is 16.0 Å². The highest BCUT2D eigenvalue weighted by Gasteiger charge is 2.35. The van der Waals surface area contributed by atoms with Gasteiger partial charge in [0.05, 0.1) is 5.75 Å². The molecule has 1 N–H and O–H groups in total. The number of amides is 2. The number of fused-ring (bicyclic) bond motifs is 1. The van der Waals surface area contributed by atoms with E-state index in [0.717, 1.165) is 5.56 Å². The van der Waals surface area contributed by atoms with Crippen LogP contribution in [0.3, 0.4) is 0 Å². The molecule has 1 aliphatic rings. The summed E-state index contributed by atoms with van der Waals surface area (Å²) in [4.78, 5) is 37.1. The van der Waals surface area contributed by atoms with Gasteiger partial charge in [0.25, 0.3) is 11.8 Å². The summed E-state index contributed by atoms with van der Waals surface area (Å²) in [5, 5.41) is 2.05. The molecule has 0 bridgehead atoms. The number of thioether (sulfide) groups is 1. The first-order valence-corrected chi connectivity index (χ1v) is 9.48. The smallest absolute Gasteiger partial charge is 0.349 e. The molecule has 2 aromatic carbocycles. The largest absolute Gasteiger partial charge is 0.422 e. The second kappa shape index (κ2) is 7.09. The predicted octanol–water partition coefficient (Wildman–Crippen LogP) is 3.37. The van der Waals surface area contributed by atoms with Gasteiger partial charge in [0.2, 0.25) is 0 Å². The molecule has 1 aliphatic heterocycles. The minimum atomic E-state index is -0.756. The zero-order valence-corrected chi connectivity index (χ0v) is 15.4. The van der Waals surface area contributed by atoms with Gasteiger partial charge in [-0.3, -0.25) is 15.0 Å². The highest BCUT2D eigenvalue weighted by molar-refractivity contribution is 8.00. The van der Waals surface area contributed by atoms with Gasteiger partial charge in [-0.2, -0.15) is 0 Å². The molecule has 1 unspecified atom stereocenters. The molecule has 8 heteroatoms. The third-order valence-electron chi connectivity index (χ3n) is 4.13. The van der Waals surface area contributed by atoms with Crippen molar-refractivity contribution in [2.75, 3.05) is 5.75 Å². The van der Waals surface area contributed by atoms with Crippen molar-refractivity contribution in [2.24, 2.45) is 0 Å². The quantitative estimate of drug-likeness (QED) is 0.682. The summed E-state index contributed by atoms with van der Waals surface area (Å²) in [7, 11) is 0. The Balaban J connectivity index is 1.63. The van der Waals surface area contributed by atoms with Gasteiger partial charge in [-0.15, -0.1) is 11.8 Å². The summed E-state index contributed by atoms with van der Waals surface area (Å²) in [6, 6.07) is 15.4. The Morgan fingerprint density at radius 1 is 1.15 bits per heavy atom. The first-order valence-electron chi connectivity index (χ1n) is 8.06. The highest BCUT2D eigenvalue weighted by Crippen LogP contribution is 2.37. The van der Waals surface area contributed by atoms with E-state index >= 15 is 0 Å². The van der Waals surface area contributed by atoms with E-state index in [0.29, 0.717) is 16.0 Å². The average Bonchev–Trinajstić information content (AvgIpc) is 3.02. The van der Waals surface area contributed by atoms with Crippen molar-refractivity contribution in [1.82, 2.24) is 10.4 Å². The fourth-order valence-corrected chi connectivity index (χ4v) is 4.04. The first-order chi connectivity index (χ1) is 13.0. The van der Waals surface area contributed by atoms with Crippen molar-refractivity contribution in [3.05, 3.63) is 81.2 Å². The van der Waals surface area contributed by atoms with Crippen LogP contribution in [0.1, 0.15) is 21.3 Å². The average molecular weight is 401 g/mol. The van der Waals surface area contributed by atoms with Crippen molar-refractivity contribution >= 4 is 46.1 Å². The number of benzene rings is 2. The molecular weight excluding hydrogens is 388 g/mol.